The van der Waals surface area contributed by atoms with Crippen LogP contribution < -0.4 is 0 Å². The molecule has 29 heavy (non-hydrogen) atoms. The fourth-order valence-corrected chi connectivity index (χ4v) is 4.57. The number of hydrogen-bond acceptors (Lipinski definition) is 0. The Balaban J connectivity index is 1.81. The molecule has 0 aliphatic carbocycles. The lowest BCUT2D eigenvalue weighted by Crippen LogP contribution is -2.29. The Kier molecular flexibility index (Phi) is 7.19. The Hall–Kier alpha value is -2.05. The van der Waals surface area contributed by atoms with E-state index in [1.165, 1.54) is 33.4 Å². The van der Waals surface area contributed by atoms with Crippen molar-refractivity contribution in [1.29, 1.82) is 0 Å². The van der Waals surface area contributed by atoms with Crippen molar-refractivity contribution >= 4 is 11.6 Å². The second-order valence-electron chi connectivity index (χ2n) is 8.65. The molecule has 152 valence electrons. The van der Waals surface area contributed by atoms with Gasteiger partial charge in [-0.3, -0.25) is 0 Å². The first-order chi connectivity index (χ1) is 13.9. The lowest BCUT2D eigenvalue weighted by Gasteiger charge is -2.35. The maximum atomic E-state index is 7.47. The van der Waals surface area contributed by atoms with Gasteiger partial charge in [-0.2, -0.15) is 0 Å². The van der Waals surface area contributed by atoms with Crippen molar-refractivity contribution in [3.8, 4) is 0 Å². The minimum Gasteiger partial charge on any atom is -0.114 e. The van der Waals surface area contributed by atoms with Crippen LogP contribution in [0.1, 0.15) is 53.1 Å². The van der Waals surface area contributed by atoms with Crippen LogP contribution >= 0.6 is 11.6 Å². The average molecular weight is 405 g/mol. The number of alkyl halides is 1. The number of halogens is 1. The lowest BCUT2D eigenvalue weighted by molar-refractivity contribution is 0.359. The molecule has 0 bridgehead atoms. The molecular weight excluding hydrogens is 372 g/mol. The Morgan fingerprint density at radius 3 is 1.79 bits per heavy atom. The predicted octanol–water partition coefficient (Wildman–Crippen LogP) is 7.95. The summed E-state index contributed by atoms with van der Waals surface area (Å²) in [5.41, 5.74) is 7.93. The van der Waals surface area contributed by atoms with Gasteiger partial charge in [0.05, 0.1) is 4.87 Å². The first-order valence-electron chi connectivity index (χ1n) is 10.7. The minimum absolute atomic E-state index is 0.362. The molecule has 2 atom stereocenters. The summed E-state index contributed by atoms with van der Waals surface area (Å²) in [7, 11) is 0. The first kappa shape index (κ1) is 21.7. The van der Waals surface area contributed by atoms with Crippen molar-refractivity contribution in [2.45, 2.75) is 58.3 Å². The molecule has 0 aliphatic rings. The van der Waals surface area contributed by atoms with Gasteiger partial charge in [0.25, 0.3) is 0 Å². The van der Waals surface area contributed by atoms with Gasteiger partial charge in [0.2, 0.25) is 0 Å². The molecule has 0 spiro atoms. The summed E-state index contributed by atoms with van der Waals surface area (Å²) >= 11 is 7.47. The zero-order chi connectivity index (χ0) is 20.9. The monoisotopic (exact) mass is 404 g/mol. The maximum Gasteiger partial charge on any atom is 0.0723 e. The van der Waals surface area contributed by atoms with Gasteiger partial charge in [0.15, 0.2) is 0 Å². The van der Waals surface area contributed by atoms with E-state index in [1.807, 2.05) is 0 Å². The normalized spacial score (nSPS) is 14.4. The highest BCUT2D eigenvalue weighted by Gasteiger charge is 2.35. The highest BCUT2D eigenvalue weighted by Crippen LogP contribution is 2.43. The molecule has 0 saturated carbocycles. The minimum atomic E-state index is -0.362. The highest BCUT2D eigenvalue weighted by molar-refractivity contribution is 6.24. The molecule has 0 aliphatic heterocycles. The van der Waals surface area contributed by atoms with Gasteiger partial charge in [0.1, 0.15) is 0 Å². The lowest BCUT2D eigenvalue weighted by atomic mass is 9.78. The molecule has 0 fully saturated rings. The maximum absolute atomic E-state index is 7.47. The third kappa shape index (κ3) is 5.73. The van der Waals surface area contributed by atoms with Gasteiger partial charge in [-0.15, -0.1) is 11.6 Å². The standard InChI is InChI=1S/C28H33Cl/c1-21-8-5-11-25(18-21)15-14-24(4)28(29,27-13-7-10-23(3)20-27)17-16-26-12-6-9-22(2)19-26/h5-13,18-20,24H,14-17H2,1-4H3. The van der Waals surface area contributed by atoms with Crippen LogP contribution in [-0.2, 0) is 17.7 Å². The van der Waals surface area contributed by atoms with E-state index >= 15 is 0 Å². The number of aryl methyl sites for hydroxylation is 5. The fraction of sp³-hybridized carbons (Fsp3) is 0.357. The average Bonchev–Trinajstić information content (AvgIpc) is 2.70. The smallest absolute Gasteiger partial charge is 0.0723 e. The second kappa shape index (κ2) is 9.63. The SMILES string of the molecule is Cc1cccc(CCC(C)C(Cl)(CCc2cccc(C)c2)c2cccc(C)c2)c1. The van der Waals surface area contributed by atoms with Crippen molar-refractivity contribution < 1.29 is 0 Å². The number of rotatable bonds is 8. The number of hydrogen-bond donors (Lipinski definition) is 0. The Bertz CT molecular complexity index is 942. The molecule has 0 aromatic heterocycles. The summed E-state index contributed by atoms with van der Waals surface area (Å²) in [6, 6.07) is 26.4. The number of benzene rings is 3. The van der Waals surface area contributed by atoms with E-state index in [1.54, 1.807) is 0 Å². The summed E-state index contributed by atoms with van der Waals surface area (Å²) in [6.45, 7) is 8.79. The van der Waals surface area contributed by atoms with E-state index < -0.39 is 0 Å². The van der Waals surface area contributed by atoms with Crippen molar-refractivity contribution in [2.24, 2.45) is 5.92 Å². The molecular formula is C28H33Cl. The van der Waals surface area contributed by atoms with E-state index in [-0.39, 0.29) is 4.87 Å². The topological polar surface area (TPSA) is 0 Å². The van der Waals surface area contributed by atoms with Crippen molar-refractivity contribution in [2.75, 3.05) is 0 Å². The third-order valence-electron chi connectivity index (χ3n) is 6.09. The molecule has 0 nitrogen and oxygen atoms in total. The third-order valence-corrected chi connectivity index (χ3v) is 6.87. The zero-order valence-corrected chi connectivity index (χ0v) is 19.0. The van der Waals surface area contributed by atoms with E-state index in [2.05, 4.69) is 100 Å². The highest BCUT2D eigenvalue weighted by atomic mass is 35.5. The Morgan fingerprint density at radius 1 is 0.724 bits per heavy atom. The van der Waals surface area contributed by atoms with Crippen molar-refractivity contribution in [1.82, 2.24) is 0 Å². The van der Waals surface area contributed by atoms with Gasteiger partial charge in [-0.1, -0.05) is 96.4 Å². The van der Waals surface area contributed by atoms with Crippen molar-refractivity contribution in [3.63, 3.8) is 0 Å². The summed E-state index contributed by atoms with van der Waals surface area (Å²) in [6.07, 6.45) is 4.08. The fourth-order valence-electron chi connectivity index (χ4n) is 4.25. The summed E-state index contributed by atoms with van der Waals surface area (Å²) < 4.78 is 0. The van der Waals surface area contributed by atoms with Crippen LogP contribution in [0.15, 0.2) is 72.8 Å². The van der Waals surface area contributed by atoms with Crippen LogP contribution in [0.2, 0.25) is 0 Å². The van der Waals surface area contributed by atoms with E-state index in [9.17, 15) is 0 Å². The molecule has 1 heteroatoms. The van der Waals surface area contributed by atoms with Crippen LogP contribution in [0, 0.1) is 26.7 Å². The second-order valence-corrected chi connectivity index (χ2v) is 9.32. The molecule has 3 aromatic rings. The van der Waals surface area contributed by atoms with E-state index in [4.69, 9.17) is 11.6 Å². The molecule has 3 rings (SSSR count). The molecule has 3 aromatic carbocycles. The van der Waals surface area contributed by atoms with Gasteiger partial charge in [-0.05, 0) is 69.1 Å². The van der Waals surface area contributed by atoms with Gasteiger partial charge < -0.3 is 0 Å². The van der Waals surface area contributed by atoms with E-state index in [0.29, 0.717) is 5.92 Å². The van der Waals surface area contributed by atoms with E-state index in [0.717, 1.165) is 25.7 Å². The Morgan fingerprint density at radius 2 is 1.24 bits per heavy atom. The van der Waals surface area contributed by atoms with Crippen LogP contribution in [0.25, 0.3) is 0 Å². The molecule has 0 N–H and O–H groups in total. The van der Waals surface area contributed by atoms with Gasteiger partial charge in [-0.25, -0.2) is 0 Å². The van der Waals surface area contributed by atoms with Crippen LogP contribution in [0.4, 0.5) is 0 Å². The zero-order valence-electron chi connectivity index (χ0n) is 18.2. The molecule has 0 heterocycles. The summed E-state index contributed by atoms with van der Waals surface area (Å²) in [5, 5.41) is 0. The van der Waals surface area contributed by atoms with Crippen LogP contribution in [0.3, 0.4) is 0 Å². The quantitative estimate of drug-likeness (QED) is 0.334. The predicted molar refractivity (Wildman–Crippen MR) is 127 cm³/mol. The first-order valence-corrected chi connectivity index (χ1v) is 11.1. The van der Waals surface area contributed by atoms with Gasteiger partial charge in [0, 0.05) is 0 Å². The van der Waals surface area contributed by atoms with Gasteiger partial charge >= 0.3 is 0 Å². The molecule has 0 amide bonds. The molecule has 0 radical (unpaired) electrons. The summed E-state index contributed by atoms with van der Waals surface area (Å²) in [4.78, 5) is -0.362. The molecule has 2 unspecified atom stereocenters. The van der Waals surface area contributed by atoms with Crippen LogP contribution in [0.5, 0.6) is 0 Å². The Labute approximate surface area is 181 Å². The summed E-state index contributed by atoms with van der Waals surface area (Å²) in [5.74, 6) is 0.372. The molecule has 0 saturated heterocycles. The van der Waals surface area contributed by atoms with Crippen LogP contribution in [-0.4, -0.2) is 0 Å². The largest absolute Gasteiger partial charge is 0.114 e. The van der Waals surface area contributed by atoms with Crippen molar-refractivity contribution in [3.05, 3.63) is 106 Å².